The Morgan fingerprint density at radius 1 is 1.39 bits per heavy atom. The fraction of sp³-hybridized carbons (Fsp3) is 0.364. The van der Waals surface area contributed by atoms with E-state index < -0.39 is 18.1 Å². The van der Waals surface area contributed by atoms with Crippen LogP contribution in [0.15, 0.2) is 18.2 Å². The Morgan fingerprint density at radius 3 is 2.56 bits per heavy atom. The number of carbonyl (C=O) groups is 1. The van der Waals surface area contributed by atoms with E-state index in [0.29, 0.717) is 5.56 Å². The largest absolute Gasteiger partial charge is 0.573 e. The van der Waals surface area contributed by atoms with Crippen LogP contribution in [0, 0.1) is 0 Å². The van der Waals surface area contributed by atoms with Crippen LogP contribution in [-0.2, 0) is 16.0 Å². The van der Waals surface area contributed by atoms with E-state index in [1.165, 1.54) is 12.1 Å². The van der Waals surface area contributed by atoms with Crippen LogP contribution >= 0.6 is 11.6 Å². The molecule has 0 amide bonds. The number of esters is 1. The Labute approximate surface area is 106 Å². The molecular weight excluding hydrogens is 273 g/mol. The maximum Gasteiger partial charge on any atom is 0.573 e. The van der Waals surface area contributed by atoms with E-state index in [0.717, 1.165) is 6.07 Å². The van der Waals surface area contributed by atoms with Gasteiger partial charge in [-0.3, -0.25) is 4.79 Å². The van der Waals surface area contributed by atoms with Crippen LogP contribution < -0.4 is 4.74 Å². The number of hydrogen-bond donors (Lipinski definition) is 0. The molecule has 0 aliphatic heterocycles. The average molecular weight is 283 g/mol. The molecule has 1 aromatic rings. The summed E-state index contributed by atoms with van der Waals surface area (Å²) in [5, 5.41) is -0.214. The molecule has 0 aliphatic rings. The number of halogens is 4. The van der Waals surface area contributed by atoms with Crippen LogP contribution in [0.4, 0.5) is 13.2 Å². The number of rotatable bonds is 4. The first-order valence-corrected chi connectivity index (χ1v) is 5.39. The van der Waals surface area contributed by atoms with Gasteiger partial charge in [0.25, 0.3) is 0 Å². The number of ether oxygens (including phenoxy) is 2. The second-order valence-electron chi connectivity index (χ2n) is 3.29. The molecule has 1 aromatic carbocycles. The number of carbonyl (C=O) groups excluding carboxylic acids is 1. The molecule has 0 bridgehead atoms. The topological polar surface area (TPSA) is 35.5 Å². The predicted octanol–water partition coefficient (Wildman–Crippen LogP) is 3.34. The summed E-state index contributed by atoms with van der Waals surface area (Å²) in [4.78, 5) is 11.2. The zero-order valence-corrected chi connectivity index (χ0v) is 10.1. The van der Waals surface area contributed by atoms with Gasteiger partial charge < -0.3 is 9.47 Å². The van der Waals surface area contributed by atoms with Gasteiger partial charge in [-0.2, -0.15) is 0 Å². The van der Waals surface area contributed by atoms with Gasteiger partial charge >= 0.3 is 12.3 Å². The molecule has 0 aliphatic carbocycles. The SMILES string of the molecule is CCOC(=O)Cc1ccc(OC(F)(F)F)c(Cl)c1. The van der Waals surface area contributed by atoms with Crippen LogP contribution in [0.2, 0.25) is 5.02 Å². The van der Waals surface area contributed by atoms with Crippen molar-refractivity contribution in [1.29, 1.82) is 0 Å². The van der Waals surface area contributed by atoms with Crippen molar-refractivity contribution in [2.45, 2.75) is 19.7 Å². The van der Waals surface area contributed by atoms with Gasteiger partial charge in [0.2, 0.25) is 0 Å². The van der Waals surface area contributed by atoms with Gasteiger partial charge in [-0.1, -0.05) is 17.7 Å². The first-order chi connectivity index (χ1) is 8.31. The smallest absolute Gasteiger partial charge is 0.466 e. The molecule has 18 heavy (non-hydrogen) atoms. The average Bonchev–Trinajstić information content (AvgIpc) is 2.21. The van der Waals surface area contributed by atoms with Gasteiger partial charge in [0.1, 0.15) is 5.75 Å². The quantitative estimate of drug-likeness (QED) is 0.795. The molecule has 100 valence electrons. The Kier molecular flexibility index (Phi) is 4.84. The minimum Gasteiger partial charge on any atom is -0.466 e. The lowest BCUT2D eigenvalue weighted by Crippen LogP contribution is -2.17. The third-order valence-corrected chi connectivity index (χ3v) is 2.17. The van der Waals surface area contributed by atoms with Crippen molar-refractivity contribution < 1.29 is 27.4 Å². The third-order valence-electron chi connectivity index (χ3n) is 1.88. The minimum absolute atomic E-state index is 0.0557. The normalized spacial score (nSPS) is 11.2. The molecule has 3 nitrogen and oxygen atoms in total. The highest BCUT2D eigenvalue weighted by molar-refractivity contribution is 6.32. The Hall–Kier alpha value is -1.43. The highest BCUT2D eigenvalue weighted by Gasteiger charge is 2.32. The summed E-state index contributed by atoms with van der Waals surface area (Å²) in [5.41, 5.74) is 0.452. The summed E-state index contributed by atoms with van der Waals surface area (Å²) in [5.74, 6) is -0.977. The lowest BCUT2D eigenvalue weighted by molar-refractivity contribution is -0.274. The van der Waals surface area contributed by atoms with E-state index in [1.54, 1.807) is 6.92 Å². The molecule has 7 heteroatoms. The van der Waals surface area contributed by atoms with Crippen molar-refractivity contribution in [2.75, 3.05) is 6.61 Å². The van der Waals surface area contributed by atoms with E-state index >= 15 is 0 Å². The lowest BCUT2D eigenvalue weighted by atomic mass is 10.1. The zero-order chi connectivity index (χ0) is 13.8. The minimum atomic E-state index is -4.80. The molecule has 0 unspecified atom stereocenters. The first-order valence-electron chi connectivity index (χ1n) is 5.01. The summed E-state index contributed by atoms with van der Waals surface area (Å²) in [7, 11) is 0. The van der Waals surface area contributed by atoms with Gasteiger partial charge in [-0.25, -0.2) is 0 Å². The molecule has 0 saturated carbocycles. The highest BCUT2D eigenvalue weighted by atomic mass is 35.5. The summed E-state index contributed by atoms with van der Waals surface area (Å²) in [6.45, 7) is 1.90. The van der Waals surface area contributed by atoms with Crippen molar-refractivity contribution in [3.05, 3.63) is 28.8 Å². The second kappa shape index (κ2) is 5.95. The number of benzene rings is 1. The van der Waals surface area contributed by atoms with Crippen molar-refractivity contribution in [1.82, 2.24) is 0 Å². The van der Waals surface area contributed by atoms with E-state index in [4.69, 9.17) is 16.3 Å². The summed E-state index contributed by atoms with van der Waals surface area (Å²) >= 11 is 5.62. The Bertz CT molecular complexity index is 432. The second-order valence-corrected chi connectivity index (χ2v) is 3.70. The molecule has 0 N–H and O–H groups in total. The van der Waals surface area contributed by atoms with Gasteiger partial charge in [-0.05, 0) is 24.6 Å². The number of alkyl halides is 3. The van der Waals surface area contributed by atoms with Gasteiger partial charge in [-0.15, -0.1) is 13.2 Å². The molecule has 0 heterocycles. The maximum absolute atomic E-state index is 12.0. The lowest BCUT2D eigenvalue weighted by Gasteiger charge is -2.11. The zero-order valence-electron chi connectivity index (χ0n) is 9.38. The molecule has 1 rings (SSSR count). The van der Waals surface area contributed by atoms with E-state index in [-0.39, 0.29) is 18.1 Å². The molecule has 0 saturated heterocycles. The fourth-order valence-electron chi connectivity index (χ4n) is 1.24. The Balaban J connectivity index is 2.76. The van der Waals surface area contributed by atoms with Crippen molar-refractivity contribution in [3.63, 3.8) is 0 Å². The van der Waals surface area contributed by atoms with Crippen LogP contribution in [0.25, 0.3) is 0 Å². The molecule has 0 spiro atoms. The van der Waals surface area contributed by atoms with Crippen LogP contribution in [0.1, 0.15) is 12.5 Å². The van der Waals surface area contributed by atoms with Gasteiger partial charge in [0.15, 0.2) is 0 Å². The fourth-order valence-corrected chi connectivity index (χ4v) is 1.48. The molecular formula is C11H10ClF3O3. The van der Waals surface area contributed by atoms with E-state index in [1.807, 2.05) is 0 Å². The predicted molar refractivity (Wildman–Crippen MR) is 58.5 cm³/mol. The molecule has 0 radical (unpaired) electrons. The Morgan fingerprint density at radius 2 is 2.06 bits per heavy atom. The van der Waals surface area contributed by atoms with Crippen LogP contribution in [-0.4, -0.2) is 18.9 Å². The van der Waals surface area contributed by atoms with Crippen molar-refractivity contribution in [2.24, 2.45) is 0 Å². The molecule has 0 atom stereocenters. The van der Waals surface area contributed by atoms with E-state index in [9.17, 15) is 18.0 Å². The van der Waals surface area contributed by atoms with Crippen molar-refractivity contribution >= 4 is 17.6 Å². The summed E-state index contributed by atoms with van der Waals surface area (Å²) < 4.78 is 44.3. The molecule has 0 aromatic heterocycles. The third kappa shape index (κ3) is 4.83. The standard InChI is InChI=1S/C11H10ClF3O3/c1-2-17-10(16)6-7-3-4-9(8(12)5-7)18-11(13,14)15/h3-5H,2,6H2,1H3. The van der Waals surface area contributed by atoms with Gasteiger partial charge in [0, 0.05) is 0 Å². The summed E-state index contributed by atoms with van der Waals surface area (Å²) in [6, 6.07) is 3.62. The number of hydrogen-bond acceptors (Lipinski definition) is 3. The van der Waals surface area contributed by atoms with Gasteiger partial charge in [0.05, 0.1) is 18.1 Å². The first kappa shape index (κ1) is 14.6. The monoisotopic (exact) mass is 282 g/mol. The summed E-state index contributed by atoms with van der Waals surface area (Å²) in [6.07, 6.45) is -4.86. The highest BCUT2D eigenvalue weighted by Crippen LogP contribution is 2.30. The van der Waals surface area contributed by atoms with Crippen LogP contribution in [0.3, 0.4) is 0 Å². The maximum atomic E-state index is 12.0. The van der Waals surface area contributed by atoms with E-state index in [2.05, 4.69) is 4.74 Å². The van der Waals surface area contributed by atoms with Crippen LogP contribution in [0.5, 0.6) is 5.75 Å². The van der Waals surface area contributed by atoms with Crippen molar-refractivity contribution in [3.8, 4) is 5.75 Å². The molecule has 0 fully saturated rings.